The lowest BCUT2D eigenvalue weighted by Gasteiger charge is -2.22. The molecule has 2 N–H and O–H groups in total. The Labute approximate surface area is 114 Å². The Balaban J connectivity index is 2.08. The molecule has 96 valence electrons. The average molecular weight is 310 g/mol. The van der Waals surface area contributed by atoms with Crippen molar-refractivity contribution >= 4 is 27.4 Å². The van der Waals surface area contributed by atoms with Crippen molar-refractivity contribution < 1.29 is 0 Å². The van der Waals surface area contributed by atoms with E-state index >= 15 is 0 Å². The summed E-state index contributed by atoms with van der Waals surface area (Å²) in [6.45, 7) is 2.15. The molecule has 1 fully saturated rings. The van der Waals surface area contributed by atoms with E-state index in [0.29, 0.717) is 5.92 Å². The van der Waals surface area contributed by atoms with Gasteiger partial charge in [0.15, 0.2) is 5.65 Å². The molecule has 1 aliphatic rings. The smallest absolute Gasteiger partial charge is 0.171 e. The predicted molar refractivity (Wildman–Crippen MR) is 75.1 cm³/mol. The van der Waals surface area contributed by atoms with Crippen LogP contribution in [0.5, 0.6) is 0 Å². The van der Waals surface area contributed by atoms with Crippen molar-refractivity contribution in [2.75, 3.05) is 25.5 Å². The summed E-state index contributed by atoms with van der Waals surface area (Å²) in [5, 5.41) is 10.9. The molecule has 1 saturated heterocycles. The highest BCUT2D eigenvalue weighted by atomic mass is 79.9. The van der Waals surface area contributed by atoms with Crippen LogP contribution in [-0.4, -0.2) is 34.7 Å². The Hall–Kier alpha value is -1.14. The molecule has 0 aliphatic carbocycles. The molecule has 0 spiro atoms. The predicted octanol–water partition coefficient (Wildman–Crippen LogP) is 2.00. The number of hydrogen-bond acceptors (Lipinski definition) is 4. The fourth-order valence-electron chi connectivity index (χ4n) is 2.46. The molecular weight excluding hydrogens is 294 g/mol. The highest BCUT2D eigenvalue weighted by Gasteiger charge is 2.19. The Morgan fingerprint density at radius 2 is 2.22 bits per heavy atom. The van der Waals surface area contributed by atoms with Gasteiger partial charge in [-0.15, -0.1) is 0 Å². The van der Waals surface area contributed by atoms with E-state index in [1.54, 1.807) is 6.20 Å². The second-order valence-corrected chi connectivity index (χ2v) is 5.42. The molecule has 18 heavy (non-hydrogen) atoms. The Morgan fingerprint density at radius 3 is 2.94 bits per heavy atom. The number of rotatable bonds is 2. The maximum atomic E-state index is 4.75. The van der Waals surface area contributed by atoms with Crippen molar-refractivity contribution in [1.82, 2.24) is 19.9 Å². The zero-order valence-electron chi connectivity index (χ0n) is 10.3. The fraction of sp³-hybridized carbons (Fsp3) is 0.500. The quantitative estimate of drug-likeness (QED) is 0.891. The van der Waals surface area contributed by atoms with Gasteiger partial charge in [0.2, 0.25) is 0 Å². The second kappa shape index (κ2) is 4.85. The van der Waals surface area contributed by atoms with Gasteiger partial charge in [0.05, 0.1) is 10.7 Å². The summed E-state index contributed by atoms with van der Waals surface area (Å²) in [6.07, 6.45) is 4.09. The summed E-state index contributed by atoms with van der Waals surface area (Å²) >= 11 is 3.50. The maximum absolute atomic E-state index is 4.75. The highest BCUT2D eigenvalue weighted by molar-refractivity contribution is 9.10. The van der Waals surface area contributed by atoms with Crippen LogP contribution in [0, 0.1) is 0 Å². The van der Waals surface area contributed by atoms with Gasteiger partial charge in [-0.2, -0.15) is 9.61 Å². The van der Waals surface area contributed by atoms with E-state index in [1.165, 1.54) is 0 Å². The molecule has 0 radical (unpaired) electrons. The van der Waals surface area contributed by atoms with Crippen molar-refractivity contribution in [2.24, 2.45) is 0 Å². The van der Waals surface area contributed by atoms with E-state index in [2.05, 4.69) is 37.7 Å². The van der Waals surface area contributed by atoms with Gasteiger partial charge in [-0.1, -0.05) is 0 Å². The molecule has 0 aromatic carbocycles. The second-order valence-electron chi connectivity index (χ2n) is 4.57. The summed E-state index contributed by atoms with van der Waals surface area (Å²) < 4.78 is 2.77. The van der Waals surface area contributed by atoms with Crippen LogP contribution in [0.15, 0.2) is 16.7 Å². The summed E-state index contributed by atoms with van der Waals surface area (Å²) in [6, 6.07) is 2.11. The molecule has 0 amide bonds. The first kappa shape index (κ1) is 11.9. The first-order valence-electron chi connectivity index (χ1n) is 6.22. The Morgan fingerprint density at radius 1 is 1.44 bits per heavy atom. The van der Waals surface area contributed by atoms with Crippen molar-refractivity contribution in [2.45, 2.75) is 18.8 Å². The average Bonchev–Trinajstić information content (AvgIpc) is 2.81. The largest absolute Gasteiger partial charge is 0.373 e. The summed E-state index contributed by atoms with van der Waals surface area (Å²) in [7, 11) is 1.91. The van der Waals surface area contributed by atoms with Gasteiger partial charge >= 0.3 is 0 Å². The number of fused-ring (bicyclic) bond motifs is 1. The van der Waals surface area contributed by atoms with Crippen LogP contribution >= 0.6 is 15.9 Å². The van der Waals surface area contributed by atoms with E-state index in [-0.39, 0.29) is 0 Å². The van der Waals surface area contributed by atoms with Crippen LogP contribution in [0.3, 0.4) is 0 Å². The Kier molecular flexibility index (Phi) is 3.22. The van der Waals surface area contributed by atoms with Crippen molar-refractivity contribution in [3.63, 3.8) is 0 Å². The third-order valence-corrected chi connectivity index (χ3v) is 4.02. The first-order valence-corrected chi connectivity index (χ1v) is 7.01. The molecule has 6 heteroatoms. The number of hydrogen-bond donors (Lipinski definition) is 2. The normalized spacial score (nSPS) is 17.2. The van der Waals surface area contributed by atoms with Crippen LogP contribution in [0.25, 0.3) is 5.65 Å². The maximum Gasteiger partial charge on any atom is 0.171 e. The SMILES string of the molecule is CNc1cc(C2CCNCC2)nc2c(Br)cnn12. The monoisotopic (exact) mass is 309 g/mol. The number of nitrogens with zero attached hydrogens (tertiary/aromatic N) is 3. The third kappa shape index (κ3) is 1.99. The van der Waals surface area contributed by atoms with Gasteiger partial charge < -0.3 is 10.6 Å². The van der Waals surface area contributed by atoms with Gasteiger partial charge in [-0.05, 0) is 41.9 Å². The van der Waals surface area contributed by atoms with Gasteiger partial charge in [0, 0.05) is 24.7 Å². The number of aromatic nitrogens is 3. The number of anilines is 1. The van der Waals surface area contributed by atoms with E-state index < -0.39 is 0 Å². The Bertz CT molecular complexity index is 559. The molecule has 5 nitrogen and oxygen atoms in total. The van der Waals surface area contributed by atoms with E-state index in [4.69, 9.17) is 4.98 Å². The molecule has 2 aromatic heterocycles. The zero-order chi connectivity index (χ0) is 12.5. The zero-order valence-corrected chi connectivity index (χ0v) is 11.9. The lowest BCUT2D eigenvalue weighted by Crippen LogP contribution is -2.27. The van der Waals surface area contributed by atoms with Crippen LogP contribution in [-0.2, 0) is 0 Å². The van der Waals surface area contributed by atoms with Gasteiger partial charge in [0.25, 0.3) is 0 Å². The molecule has 3 heterocycles. The van der Waals surface area contributed by atoms with Gasteiger partial charge in [0.1, 0.15) is 5.82 Å². The van der Waals surface area contributed by atoms with E-state index in [1.807, 2.05) is 11.6 Å². The van der Waals surface area contributed by atoms with E-state index in [9.17, 15) is 0 Å². The molecule has 0 atom stereocenters. The van der Waals surface area contributed by atoms with Gasteiger partial charge in [-0.25, -0.2) is 4.98 Å². The van der Waals surface area contributed by atoms with Crippen molar-refractivity contribution in [1.29, 1.82) is 0 Å². The van der Waals surface area contributed by atoms with E-state index in [0.717, 1.165) is 47.6 Å². The standard InChI is InChI=1S/C12H16BrN5/c1-14-11-6-10(8-2-4-15-5-3-8)17-12-9(13)7-16-18(11)12/h6-8,14-15H,2-5H2,1H3. The molecule has 0 unspecified atom stereocenters. The minimum atomic E-state index is 0.546. The highest BCUT2D eigenvalue weighted by Crippen LogP contribution is 2.28. The molecule has 0 bridgehead atoms. The van der Waals surface area contributed by atoms with Crippen LogP contribution in [0.1, 0.15) is 24.5 Å². The fourth-order valence-corrected chi connectivity index (χ4v) is 2.81. The minimum Gasteiger partial charge on any atom is -0.373 e. The molecule has 2 aromatic rings. The third-order valence-electron chi connectivity index (χ3n) is 3.46. The number of piperidine rings is 1. The van der Waals surface area contributed by atoms with Crippen molar-refractivity contribution in [3.05, 3.63) is 22.4 Å². The first-order chi connectivity index (χ1) is 8.79. The minimum absolute atomic E-state index is 0.546. The van der Waals surface area contributed by atoms with Crippen LogP contribution < -0.4 is 10.6 Å². The molecule has 0 saturated carbocycles. The molecular formula is C12H16BrN5. The molecule has 3 rings (SSSR count). The van der Waals surface area contributed by atoms with Crippen LogP contribution in [0.2, 0.25) is 0 Å². The topological polar surface area (TPSA) is 54.2 Å². The van der Waals surface area contributed by atoms with Gasteiger partial charge in [-0.3, -0.25) is 0 Å². The summed E-state index contributed by atoms with van der Waals surface area (Å²) in [4.78, 5) is 4.75. The molecule has 1 aliphatic heterocycles. The van der Waals surface area contributed by atoms with Crippen LogP contribution in [0.4, 0.5) is 5.82 Å². The number of nitrogens with one attached hydrogen (secondary N) is 2. The lowest BCUT2D eigenvalue weighted by atomic mass is 9.94. The summed E-state index contributed by atoms with van der Waals surface area (Å²) in [5.41, 5.74) is 2.05. The number of halogens is 1. The summed E-state index contributed by atoms with van der Waals surface area (Å²) in [5.74, 6) is 1.53. The van der Waals surface area contributed by atoms with Crippen molar-refractivity contribution in [3.8, 4) is 0 Å². The lowest BCUT2D eigenvalue weighted by molar-refractivity contribution is 0.453.